The molecule has 1 aromatic carbocycles. The lowest BCUT2D eigenvalue weighted by Gasteiger charge is -2.48. The van der Waals surface area contributed by atoms with Crippen molar-refractivity contribution >= 4 is 28.5 Å². The van der Waals surface area contributed by atoms with Crippen LogP contribution in [0.3, 0.4) is 0 Å². The molecule has 2 saturated heterocycles. The number of fused-ring (bicyclic) bond motifs is 3. The molecule has 2 fully saturated rings. The summed E-state index contributed by atoms with van der Waals surface area (Å²) in [4.78, 5) is 10.8. The van der Waals surface area contributed by atoms with Crippen molar-refractivity contribution in [1.29, 1.82) is 0 Å². The molecule has 0 unspecified atom stereocenters. The van der Waals surface area contributed by atoms with E-state index < -0.39 is 36.7 Å². The van der Waals surface area contributed by atoms with E-state index in [1.807, 2.05) is 17.0 Å². The van der Waals surface area contributed by atoms with Crippen LogP contribution < -0.4 is 4.90 Å². The number of aromatic nitrogens is 4. The van der Waals surface area contributed by atoms with Gasteiger partial charge in [-0.05, 0) is 34.9 Å². The van der Waals surface area contributed by atoms with Gasteiger partial charge in [-0.3, -0.25) is 0 Å². The monoisotopic (exact) mass is 713 g/mol. The summed E-state index contributed by atoms with van der Waals surface area (Å²) in [5.41, 5.74) is 2.91. The summed E-state index contributed by atoms with van der Waals surface area (Å²) in [6.07, 6.45) is 2.10. The minimum absolute atomic E-state index is 0.00266. The molecule has 3 aliphatic rings. The number of anilines is 1. The van der Waals surface area contributed by atoms with Crippen LogP contribution in [0.25, 0.3) is 11.0 Å². The standard InChI is InChI=1S/C34H40ClN5O10/c1-2-7-44-9-11-46-13-15-48-16-14-47-12-10-45-8-3-4-23-5-6-26-24(17-23)20-49-34(26)21-39(22-34)30-25-18-36-40(31(25)38-33(35)37-30)32-29(43)28(42)27(19-41)50-32/h1,5-6,17-18,27-29,32,41-43H,7-16,19-22H2/t27-,28-,29-,32-/m1/s1. The molecule has 16 heteroatoms. The van der Waals surface area contributed by atoms with E-state index in [2.05, 4.69) is 38.9 Å². The molecule has 0 amide bonds. The van der Waals surface area contributed by atoms with Crippen molar-refractivity contribution < 1.29 is 48.5 Å². The van der Waals surface area contributed by atoms with Gasteiger partial charge in [0.25, 0.3) is 0 Å². The third kappa shape index (κ3) is 8.21. The fourth-order valence-corrected chi connectivity index (χ4v) is 6.24. The number of hydrogen-bond donors (Lipinski definition) is 3. The van der Waals surface area contributed by atoms with Gasteiger partial charge in [0, 0.05) is 5.56 Å². The maximum absolute atomic E-state index is 10.5. The second-order valence-electron chi connectivity index (χ2n) is 11.8. The summed E-state index contributed by atoms with van der Waals surface area (Å²) >= 11 is 6.33. The van der Waals surface area contributed by atoms with Crippen LogP contribution in [0.2, 0.25) is 5.28 Å². The Kier molecular flexibility index (Phi) is 12.5. The molecule has 4 atom stereocenters. The first kappa shape index (κ1) is 36.4. The van der Waals surface area contributed by atoms with E-state index in [0.717, 1.165) is 16.7 Å². The second-order valence-corrected chi connectivity index (χ2v) is 12.2. The Balaban J connectivity index is 0.931. The van der Waals surface area contributed by atoms with Crippen LogP contribution in [0.1, 0.15) is 22.9 Å². The summed E-state index contributed by atoms with van der Waals surface area (Å²) in [5, 5.41) is 35.2. The Labute approximate surface area is 294 Å². The molecule has 268 valence electrons. The number of rotatable bonds is 17. The van der Waals surface area contributed by atoms with Gasteiger partial charge >= 0.3 is 0 Å². The molecular weight excluding hydrogens is 674 g/mol. The van der Waals surface area contributed by atoms with Crippen molar-refractivity contribution in [2.24, 2.45) is 0 Å². The summed E-state index contributed by atoms with van der Waals surface area (Å²) in [6, 6.07) is 6.09. The first-order valence-corrected chi connectivity index (χ1v) is 16.7. The van der Waals surface area contributed by atoms with E-state index in [1.165, 1.54) is 4.68 Å². The minimum Gasteiger partial charge on any atom is -0.394 e. The number of aliphatic hydroxyl groups is 3. The molecule has 15 nitrogen and oxygen atoms in total. The first-order chi connectivity index (χ1) is 24.4. The quantitative estimate of drug-likeness (QED) is 0.0998. The van der Waals surface area contributed by atoms with Crippen molar-refractivity contribution in [2.75, 3.05) is 90.7 Å². The summed E-state index contributed by atoms with van der Waals surface area (Å²) in [5.74, 6) is 9.18. The zero-order valence-corrected chi connectivity index (χ0v) is 28.2. The van der Waals surface area contributed by atoms with Crippen LogP contribution >= 0.6 is 11.6 Å². The Morgan fingerprint density at radius 1 is 0.940 bits per heavy atom. The number of aliphatic hydroxyl groups excluding tert-OH is 3. The van der Waals surface area contributed by atoms with E-state index in [1.54, 1.807) is 6.20 Å². The highest BCUT2D eigenvalue weighted by atomic mass is 35.5. The van der Waals surface area contributed by atoms with E-state index in [4.69, 9.17) is 51.2 Å². The Bertz CT molecular complexity index is 1700. The number of nitrogens with zero attached hydrogens (tertiary/aromatic N) is 5. The fraction of sp³-hybridized carbons (Fsp3) is 0.559. The second kappa shape index (κ2) is 17.2. The van der Waals surface area contributed by atoms with Gasteiger partial charge in [-0.15, -0.1) is 6.42 Å². The molecule has 0 aliphatic carbocycles. The molecule has 0 radical (unpaired) electrons. The van der Waals surface area contributed by atoms with E-state index in [0.29, 0.717) is 96.0 Å². The number of hydrogen-bond acceptors (Lipinski definition) is 14. The van der Waals surface area contributed by atoms with Crippen LogP contribution in [-0.4, -0.2) is 139 Å². The highest BCUT2D eigenvalue weighted by molar-refractivity contribution is 6.28. The van der Waals surface area contributed by atoms with Gasteiger partial charge in [-0.1, -0.05) is 23.8 Å². The van der Waals surface area contributed by atoms with Gasteiger partial charge in [-0.2, -0.15) is 15.1 Å². The average Bonchev–Trinajstić information content (AvgIpc) is 3.78. The van der Waals surface area contributed by atoms with E-state index in [-0.39, 0.29) is 11.9 Å². The first-order valence-electron chi connectivity index (χ1n) is 16.3. The van der Waals surface area contributed by atoms with Gasteiger partial charge < -0.3 is 53.4 Å². The largest absolute Gasteiger partial charge is 0.394 e. The highest BCUT2D eigenvalue weighted by Gasteiger charge is 2.51. The lowest BCUT2D eigenvalue weighted by molar-refractivity contribution is -0.0586. The van der Waals surface area contributed by atoms with Crippen molar-refractivity contribution in [3.05, 3.63) is 46.4 Å². The molecule has 1 spiro atoms. The average molecular weight is 714 g/mol. The molecule has 0 saturated carbocycles. The zero-order chi connectivity index (χ0) is 34.9. The lowest BCUT2D eigenvalue weighted by atomic mass is 9.84. The van der Waals surface area contributed by atoms with Crippen molar-refractivity contribution in [1.82, 2.24) is 19.7 Å². The van der Waals surface area contributed by atoms with Crippen LogP contribution in [-0.2, 0) is 45.4 Å². The third-order valence-electron chi connectivity index (χ3n) is 8.54. The van der Waals surface area contributed by atoms with E-state index in [9.17, 15) is 15.3 Å². The van der Waals surface area contributed by atoms with Crippen molar-refractivity contribution in [3.8, 4) is 24.2 Å². The van der Waals surface area contributed by atoms with Crippen LogP contribution in [0, 0.1) is 24.2 Å². The normalized spacial score (nSPS) is 22.0. The predicted octanol–water partition coefficient (Wildman–Crippen LogP) is 0.405. The molecule has 3 aliphatic heterocycles. The third-order valence-corrected chi connectivity index (χ3v) is 8.71. The Morgan fingerprint density at radius 3 is 2.28 bits per heavy atom. The maximum atomic E-state index is 10.5. The fourth-order valence-electron chi connectivity index (χ4n) is 6.08. The summed E-state index contributed by atoms with van der Waals surface area (Å²) < 4.78 is 40.3. The molecule has 50 heavy (non-hydrogen) atoms. The molecule has 6 rings (SSSR count). The van der Waals surface area contributed by atoms with Gasteiger partial charge in [-0.25, -0.2) is 4.68 Å². The lowest BCUT2D eigenvalue weighted by Crippen LogP contribution is -2.59. The van der Waals surface area contributed by atoms with Gasteiger partial charge in [0.2, 0.25) is 5.28 Å². The molecule has 3 N–H and O–H groups in total. The number of terminal acetylenes is 1. The summed E-state index contributed by atoms with van der Waals surface area (Å²) in [6.45, 7) is 5.42. The van der Waals surface area contributed by atoms with Gasteiger partial charge in [0.15, 0.2) is 11.9 Å². The molecule has 2 aromatic heterocycles. The van der Waals surface area contributed by atoms with Gasteiger partial charge in [0.1, 0.15) is 42.9 Å². The number of ether oxygens (including phenoxy) is 7. The highest BCUT2D eigenvalue weighted by Crippen LogP contribution is 2.46. The van der Waals surface area contributed by atoms with Gasteiger partial charge in [0.05, 0.1) is 90.7 Å². The number of benzene rings is 1. The van der Waals surface area contributed by atoms with Crippen LogP contribution in [0.4, 0.5) is 5.82 Å². The Morgan fingerprint density at radius 2 is 1.62 bits per heavy atom. The van der Waals surface area contributed by atoms with Crippen molar-refractivity contribution in [3.63, 3.8) is 0 Å². The topological polar surface area (TPSA) is 172 Å². The maximum Gasteiger partial charge on any atom is 0.226 e. The Hall–Kier alpha value is -3.42. The molecular formula is C34H40ClN5O10. The zero-order valence-electron chi connectivity index (χ0n) is 27.4. The van der Waals surface area contributed by atoms with Crippen LogP contribution in [0.5, 0.6) is 0 Å². The smallest absolute Gasteiger partial charge is 0.226 e. The summed E-state index contributed by atoms with van der Waals surface area (Å²) in [7, 11) is 0. The number of halogens is 1. The molecule has 5 heterocycles. The van der Waals surface area contributed by atoms with E-state index >= 15 is 0 Å². The molecule has 0 bridgehead atoms. The van der Waals surface area contributed by atoms with Crippen LogP contribution in [0.15, 0.2) is 24.4 Å². The predicted molar refractivity (Wildman–Crippen MR) is 178 cm³/mol. The minimum atomic E-state index is -1.31. The molecule has 3 aromatic rings. The van der Waals surface area contributed by atoms with Crippen molar-refractivity contribution in [2.45, 2.75) is 36.7 Å². The SMILES string of the molecule is C#CCOCCOCCOCCOCCOCC#Cc1ccc2c(c1)COC21CN(c2nc(Cl)nc3c2cnn3[C@@H]2O[C@H](CO)[C@@H](O)[C@H]2O)C1.